The van der Waals surface area contributed by atoms with Crippen molar-refractivity contribution in [2.24, 2.45) is 5.92 Å². The van der Waals surface area contributed by atoms with Crippen LogP contribution in [0.1, 0.15) is 26.2 Å². The minimum atomic E-state index is 0.448. The highest BCUT2D eigenvalue weighted by atomic mass is 35.5. The molecule has 1 atom stereocenters. The summed E-state index contributed by atoms with van der Waals surface area (Å²) in [6.45, 7) is 2.11. The van der Waals surface area contributed by atoms with Crippen molar-refractivity contribution in [2.45, 2.75) is 26.2 Å². The molecule has 0 aliphatic carbocycles. The Labute approximate surface area is 62.6 Å². The fraction of sp³-hybridized carbons (Fsp3) is 0.750. The zero-order valence-corrected chi connectivity index (χ0v) is 6.62. The predicted octanol–water partition coefficient (Wildman–Crippen LogP) is 2.66. The van der Waals surface area contributed by atoms with Crippen molar-refractivity contribution < 1.29 is 0 Å². The van der Waals surface area contributed by atoms with Crippen molar-refractivity contribution in [3.63, 3.8) is 0 Å². The van der Waals surface area contributed by atoms with Crippen LogP contribution in [0.5, 0.6) is 0 Å². The van der Waals surface area contributed by atoms with Gasteiger partial charge >= 0.3 is 0 Å². The first kappa shape index (κ1) is 8.85. The van der Waals surface area contributed by atoms with Gasteiger partial charge < -0.3 is 0 Å². The SMILES string of the molecule is C#CC(CC)CCCCl. The fourth-order valence-corrected chi connectivity index (χ4v) is 0.883. The molecule has 0 saturated carbocycles. The summed E-state index contributed by atoms with van der Waals surface area (Å²) >= 11 is 5.49. The molecule has 0 bridgehead atoms. The summed E-state index contributed by atoms with van der Waals surface area (Å²) < 4.78 is 0. The minimum Gasteiger partial charge on any atom is -0.127 e. The Morgan fingerprint density at radius 2 is 2.33 bits per heavy atom. The summed E-state index contributed by atoms with van der Waals surface area (Å²) in [6.07, 6.45) is 8.43. The van der Waals surface area contributed by atoms with Gasteiger partial charge in [-0.1, -0.05) is 6.92 Å². The molecule has 0 aromatic rings. The number of halogens is 1. The first-order valence-electron chi connectivity index (χ1n) is 3.37. The summed E-state index contributed by atoms with van der Waals surface area (Å²) in [4.78, 5) is 0. The fourth-order valence-electron chi connectivity index (χ4n) is 0.729. The minimum absolute atomic E-state index is 0.448. The second-order valence-corrected chi connectivity index (χ2v) is 2.48. The number of hydrogen-bond acceptors (Lipinski definition) is 0. The number of alkyl halides is 1. The maximum atomic E-state index is 5.49. The van der Waals surface area contributed by atoms with Gasteiger partial charge in [0.25, 0.3) is 0 Å². The quantitative estimate of drug-likeness (QED) is 0.421. The molecule has 9 heavy (non-hydrogen) atoms. The van der Waals surface area contributed by atoms with Gasteiger partial charge in [-0.2, -0.15) is 0 Å². The Kier molecular flexibility index (Phi) is 5.88. The van der Waals surface area contributed by atoms with Crippen LogP contribution in [0.2, 0.25) is 0 Å². The van der Waals surface area contributed by atoms with Crippen molar-refractivity contribution in [1.82, 2.24) is 0 Å². The van der Waals surface area contributed by atoms with E-state index in [4.69, 9.17) is 18.0 Å². The normalized spacial score (nSPS) is 12.6. The van der Waals surface area contributed by atoms with E-state index in [0.29, 0.717) is 5.92 Å². The summed E-state index contributed by atoms with van der Waals surface area (Å²) in [5, 5.41) is 0. The first-order valence-corrected chi connectivity index (χ1v) is 3.90. The van der Waals surface area contributed by atoms with Gasteiger partial charge in [0.05, 0.1) is 0 Å². The van der Waals surface area contributed by atoms with Gasteiger partial charge in [0.1, 0.15) is 0 Å². The molecule has 0 radical (unpaired) electrons. The molecular weight excluding hydrogens is 132 g/mol. The van der Waals surface area contributed by atoms with Crippen LogP contribution in [0.4, 0.5) is 0 Å². The van der Waals surface area contributed by atoms with Crippen LogP contribution >= 0.6 is 11.6 Å². The molecule has 1 heteroatoms. The number of terminal acetylenes is 1. The third-order valence-electron chi connectivity index (χ3n) is 1.41. The topological polar surface area (TPSA) is 0 Å². The van der Waals surface area contributed by atoms with E-state index in [1.165, 1.54) is 0 Å². The highest BCUT2D eigenvalue weighted by Crippen LogP contribution is 2.09. The van der Waals surface area contributed by atoms with Gasteiger partial charge in [0.15, 0.2) is 0 Å². The maximum Gasteiger partial charge on any atom is 0.0223 e. The Balaban J connectivity index is 3.23. The van der Waals surface area contributed by atoms with Crippen molar-refractivity contribution in [3.8, 4) is 12.3 Å². The average molecular weight is 145 g/mol. The van der Waals surface area contributed by atoms with E-state index >= 15 is 0 Å². The average Bonchev–Trinajstić information content (AvgIpc) is 1.91. The van der Waals surface area contributed by atoms with E-state index in [1.54, 1.807) is 0 Å². The first-order chi connectivity index (χ1) is 4.35. The summed E-state index contributed by atoms with van der Waals surface area (Å²) in [5.41, 5.74) is 0. The lowest BCUT2D eigenvalue weighted by molar-refractivity contribution is 0.584. The lowest BCUT2D eigenvalue weighted by Crippen LogP contribution is -1.94. The largest absolute Gasteiger partial charge is 0.127 e. The van der Waals surface area contributed by atoms with Gasteiger partial charge in [-0.3, -0.25) is 0 Å². The van der Waals surface area contributed by atoms with E-state index in [0.717, 1.165) is 25.1 Å². The second-order valence-electron chi connectivity index (χ2n) is 2.10. The van der Waals surface area contributed by atoms with Crippen molar-refractivity contribution in [3.05, 3.63) is 0 Å². The Hall–Kier alpha value is -0.150. The van der Waals surface area contributed by atoms with E-state index < -0.39 is 0 Å². The van der Waals surface area contributed by atoms with Gasteiger partial charge in [-0.15, -0.1) is 23.9 Å². The van der Waals surface area contributed by atoms with Crippen LogP contribution in [0, 0.1) is 18.3 Å². The van der Waals surface area contributed by atoms with Crippen molar-refractivity contribution >= 4 is 11.6 Å². The molecule has 0 N–H and O–H groups in total. The Morgan fingerprint density at radius 1 is 1.67 bits per heavy atom. The highest BCUT2D eigenvalue weighted by Gasteiger charge is 1.98. The molecule has 0 aromatic carbocycles. The molecule has 1 unspecified atom stereocenters. The molecule has 0 aromatic heterocycles. The summed E-state index contributed by atoms with van der Waals surface area (Å²) in [7, 11) is 0. The van der Waals surface area contributed by atoms with Gasteiger partial charge in [-0.05, 0) is 19.3 Å². The molecule has 0 nitrogen and oxygen atoms in total. The van der Waals surface area contributed by atoms with Crippen LogP contribution in [-0.2, 0) is 0 Å². The lowest BCUT2D eigenvalue weighted by Gasteiger charge is -2.03. The van der Waals surface area contributed by atoms with Crippen LogP contribution in [0.25, 0.3) is 0 Å². The molecule has 0 aliphatic rings. The number of hydrogen-bond donors (Lipinski definition) is 0. The molecule has 0 saturated heterocycles. The third-order valence-corrected chi connectivity index (χ3v) is 1.68. The molecular formula is C8H13Cl. The molecule has 0 aliphatic heterocycles. The van der Waals surface area contributed by atoms with E-state index in [1.807, 2.05) is 0 Å². The monoisotopic (exact) mass is 144 g/mol. The van der Waals surface area contributed by atoms with Gasteiger partial charge in [-0.25, -0.2) is 0 Å². The maximum absolute atomic E-state index is 5.49. The molecule has 0 amide bonds. The predicted molar refractivity (Wildman–Crippen MR) is 42.6 cm³/mol. The molecule has 0 heterocycles. The van der Waals surface area contributed by atoms with E-state index in [9.17, 15) is 0 Å². The standard InChI is InChI=1S/C8H13Cl/c1-3-8(4-2)6-5-7-9/h1,8H,4-7H2,2H3. The molecule has 52 valence electrons. The van der Waals surface area contributed by atoms with Gasteiger partial charge in [0, 0.05) is 11.8 Å². The second kappa shape index (κ2) is 5.98. The van der Waals surface area contributed by atoms with Crippen LogP contribution in [-0.4, -0.2) is 5.88 Å². The van der Waals surface area contributed by atoms with Crippen LogP contribution in [0.3, 0.4) is 0 Å². The lowest BCUT2D eigenvalue weighted by atomic mass is 10.0. The van der Waals surface area contributed by atoms with E-state index in [2.05, 4.69) is 12.8 Å². The zero-order chi connectivity index (χ0) is 7.11. The zero-order valence-electron chi connectivity index (χ0n) is 5.86. The Morgan fingerprint density at radius 3 is 2.67 bits per heavy atom. The molecule has 0 fully saturated rings. The van der Waals surface area contributed by atoms with E-state index in [-0.39, 0.29) is 0 Å². The highest BCUT2D eigenvalue weighted by molar-refractivity contribution is 6.17. The summed E-state index contributed by atoms with van der Waals surface area (Å²) in [6, 6.07) is 0. The van der Waals surface area contributed by atoms with Crippen LogP contribution < -0.4 is 0 Å². The molecule has 0 rings (SSSR count). The smallest absolute Gasteiger partial charge is 0.0223 e. The van der Waals surface area contributed by atoms with Crippen LogP contribution in [0.15, 0.2) is 0 Å². The number of rotatable bonds is 4. The van der Waals surface area contributed by atoms with Crippen molar-refractivity contribution in [1.29, 1.82) is 0 Å². The van der Waals surface area contributed by atoms with Crippen molar-refractivity contribution in [2.75, 3.05) is 5.88 Å². The van der Waals surface area contributed by atoms with Gasteiger partial charge in [0.2, 0.25) is 0 Å². The third kappa shape index (κ3) is 4.36. The Bertz CT molecular complexity index is 91.2. The summed E-state index contributed by atoms with van der Waals surface area (Å²) in [5.74, 6) is 3.91. The molecule has 0 spiro atoms.